The summed E-state index contributed by atoms with van der Waals surface area (Å²) in [5.41, 5.74) is 1.82. The van der Waals surface area contributed by atoms with E-state index < -0.39 is 0 Å². The van der Waals surface area contributed by atoms with Crippen LogP contribution in [0.25, 0.3) is 0 Å². The lowest BCUT2D eigenvalue weighted by Gasteiger charge is -2.21. The summed E-state index contributed by atoms with van der Waals surface area (Å²) in [6.07, 6.45) is 0. The molecule has 0 N–H and O–H groups in total. The minimum Gasteiger partial charge on any atom is -0.333 e. The first-order valence-electron chi connectivity index (χ1n) is 6.40. The summed E-state index contributed by atoms with van der Waals surface area (Å²) >= 11 is 6.92. The third kappa shape index (κ3) is 1.75. The zero-order valence-corrected chi connectivity index (χ0v) is 13.2. The van der Waals surface area contributed by atoms with Gasteiger partial charge in [0, 0.05) is 25.5 Å². The lowest BCUT2D eigenvalue weighted by Crippen LogP contribution is -2.26. The number of nitrogens with zero attached hydrogens (tertiary/aromatic N) is 3. The lowest BCUT2D eigenvalue weighted by atomic mass is 10.3. The Bertz CT molecular complexity index is 641. The van der Waals surface area contributed by atoms with Gasteiger partial charge < -0.3 is 9.80 Å². The Balaban J connectivity index is 2.14. The van der Waals surface area contributed by atoms with Crippen LogP contribution in [0.15, 0.2) is 39.9 Å². The van der Waals surface area contributed by atoms with Crippen molar-refractivity contribution in [2.45, 2.75) is 11.8 Å². The molecule has 104 valence electrons. The number of amides is 1. The average molecular weight is 305 g/mol. The monoisotopic (exact) mass is 305 g/mol. The van der Waals surface area contributed by atoms with Crippen LogP contribution in [-0.4, -0.2) is 41.5 Å². The highest BCUT2D eigenvalue weighted by molar-refractivity contribution is 8.03. The summed E-state index contributed by atoms with van der Waals surface area (Å²) in [6, 6.07) is 8.20. The molecule has 6 heteroatoms. The molecule has 0 spiro atoms. The zero-order valence-electron chi connectivity index (χ0n) is 11.6. The fourth-order valence-corrected chi connectivity index (χ4v) is 3.94. The topological polar surface area (TPSA) is 26.8 Å². The summed E-state index contributed by atoms with van der Waals surface area (Å²) in [6.45, 7) is 2.91. The maximum absolute atomic E-state index is 12.4. The van der Waals surface area contributed by atoms with Gasteiger partial charge in [0.1, 0.15) is 10.7 Å². The van der Waals surface area contributed by atoms with Gasteiger partial charge in [-0.2, -0.15) is 0 Å². The molecule has 0 unspecified atom stereocenters. The van der Waals surface area contributed by atoms with E-state index in [0.29, 0.717) is 10.8 Å². The van der Waals surface area contributed by atoms with Gasteiger partial charge in [-0.3, -0.25) is 9.69 Å². The van der Waals surface area contributed by atoms with Gasteiger partial charge >= 0.3 is 0 Å². The quantitative estimate of drug-likeness (QED) is 0.587. The SMILES string of the molecule is CCN1C(=C2C(=O)N(C)C(=S)N2C)Sc2ccccc21. The Hall–Kier alpha value is -1.53. The molecule has 2 aliphatic rings. The number of benzene rings is 1. The molecule has 0 aliphatic carbocycles. The van der Waals surface area contributed by atoms with Crippen molar-refractivity contribution < 1.29 is 4.79 Å². The molecule has 2 heterocycles. The molecule has 0 atom stereocenters. The van der Waals surface area contributed by atoms with Crippen LogP contribution in [0.1, 0.15) is 6.92 Å². The van der Waals surface area contributed by atoms with Crippen molar-refractivity contribution in [3.05, 3.63) is 35.0 Å². The fourth-order valence-electron chi connectivity index (χ4n) is 2.47. The minimum absolute atomic E-state index is 0.0359. The van der Waals surface area contributed by atoms with E-state index >= 15 is 0 Å². The average Bonchev–Trinajstić information content (AvgIpc) is 2.91. The van der Waals surface area contributed by atoms with E-state index in [-0.39, 0.29) is 5.91 Å². The molecule has 0 aromatic heterocycles. The number of para-hydroxylation sites is 1. The molecule has 1 amide bonds. The van der Waals surface area contributed by atoms with Crippen LogP contribution in [0, 0.1) is 0 Å². The van der Waals surface area contributed by atoms with Crippen molar-refractivity contribution in [2.75, 3.05) is 25.5 Å². The van der Waals surface area contributed by atoms with Gasteiger partial charge in [0.25, 0.3) is 5.91 Å². The molecule has 1 aromatic rings. The van der Waals surface area contributed by atoms with Gasteiger partial charge in [-0.15, -0.1) is 0 Å². The van der Waals surface area contributed by atoms with E-state index in [2.05, 4.69) is 24.0 Å². The van der Waals surface area contributed by atoms with Gasteiger partial charge in [0.2, 0.25) is 0 Å². The predicted molar refractivity (Wildman–Crippen MR) is 85.5 cm³/mol. The highest BCUT2D eigenvalue weighted by atomic mass is 32.2. The Morgan fingerprint density at radius 3 is 2.50 bits per heavy atom. The second-order valence-corrected chi connectivity index (χ2v) is 6.07. The molecule has 2 aliphatic heterocycles. The molecule has 1 fully saturated rings. The number of hydrogen-bond acceptors (Lipinski definition) is 4. The summed E-state index contributed by atoms with van der Waals surface area (Å²) < 4.78 is 0. The van der Waals surface area contributed by atoms with Gasteiger partial charge in [0.15, 0.2) is 5.11 Å². The fraction of sp³-hybridized carbons (Fsp3) is 0.286. The third-order valence-electron chi connectivity index (χ3n) is 3.54. The largest absolute Gasteiger partial charge is 0.333 e. The van der Waals surface area contributed by atoms with Crippen molar-refractivity contribution >= 4 is 40.7 Å². The molecule has 0 saturated carbocycles. The van der Waals surface area contributed by atoms with Crippen LogP contribution in [0.3, 0.4) is 0 Å². The number of hydrogen-bond donors (Lipinski definition) is 0. The maximum Gasteiger partial charge on any atom is 0.279 e. The highest BCUT2D eigenvalue weighted by Crippen LogP contribution is 2.48. The van der Waals surface area contributed by atoms with Crippen LogP contribution in [-0.2, 0) is 4.79 Å². The molecular weight excluding hydrogens is 290 g/mol. The normalized spacial score (nSPS) is 22.1. The molecule has 20 heavy (non-hydrogen) atoms. The van der Waals surface area contributed by atoms with Crippen molar-refractivity contribution in [2.24, 2.45) is 0 Å². The Morgan fingerprint density at radius 2 is 1.90 bits per heavy atom. The molecule has 4 nitrogen and oxygen atoms in total. The summed E-state index contributed by atoms with van der Waals surface area (Å²) in [4.78, 5) is 19.1. The van der Waals surface area contributed by atoms with Crippen molar-refractivity contribution in [1.29, 1.82) is 0 Å². The van der Waals surface area contributed by atoms with E-state index in [9.17, 15) is 4.79 Å². The summed E-state index contributed by atoms with van der Waals surface area (Å²) in [5, 5.41) is 1.51. The van der Waals surface area contributed by atoms with E-state index in [1.54, 1.807) is 23.7 Å². The Labute approximate surface area is 128 Å². The van der Waals surface area contributed by atoms with Crippen LogP contribution in [0.5, 0.6) is 0 Å². The molecule has 3 rings (SSSR count). The molecular formula is C14H15N3OS2. The van der Waals surface area contributed by atoms with E-state index in [4.69, 9.17) is 12.2 Å². The Morgan fingerprint density at radius 1 is 1.20 bits per heavy atom. The second-order valence-electron chi connectivity index (χ2n) is 4.67. The third-order valence-corrected chi connectivity index (χ3v) is 5.26. The summed E-state index contributed by atoms with van der Waals surface area (Å²) in [7, 11) is 3.57. The first kappa shape index (κ1) is 13.5. The predicted octanol–water partition coefficient (Wildman–Crippen LogP) is 2.48. The number of rotatable bonds is 1. The number of anilines is 1. The van der Waals surface area contributed by atoms with Crippen molar-refractivity contribution in [3.63, 3.8) is 0 Å². The standard InChI is InChI=1S/C14H15N3OS2/c1-4-17-9-7-5-6-8-10(9)20-13(17)11-12(18)16(3)14(19)15(11)2/h5-8H,4H2,1-3H3. The first-order chi connectivity index (χ1) is 9.56. The van der Waals surface area contributed by atoms with Crippen LogP contribution in [0.2, 0.25) is 0 Å². The van der Waals surface area contributed by atoms with E-state index in [1.807, 2.05) is 19.2 Å². The molecule has 1 aromatic carbocycles. The van der Waals surface area contributed by atoms with Crippen molar-refractivity contribution in [1.82, 2.24) is 9.80 Å². The number of likely N-dealkylation sites (N-methyl/N-ethyl adjacent to an activating group) is 2. The lowest BCUT2D eigenvalue weighted by molar-refractivity contribution is -0.121. The van der Waals surface area contributed by atoms with E-state index in [0.717, 1.165) is 17.3 Å². The van der Waals surface area contributed by atoms with Gasteiger partial charge in [-0.1, -0.05) is 23.9 Å². The number of thiocarbonyl (C=S) groups is 1. The van der Waals surface area contributed by atoms with Crippen LogP contribution >= 0.6 is 24.0 Å². The minimum atomic E-state index is -0.0359. The molecule has 0 bridgehead atoms. The summed E-state index contributed by atoms with van der Waals surface area (Å²) in [5.74, 6) is -0.0359. The molecule has 0 radical (unpaired) electrons. The number of carbonyl (C=O) groups is 1. The highest BCUT2D eigenvalue weighted by Gasteiger charge is 2.39. The maximum atomic E-state index is 12.4. The zero-order chi connectivity index (χ0) is 14.4. The second kappa shape index (κ2) is 4.79. The van der Waals surface area contributed by atoms with Crippen LogP contribution in [0.4, 0.5) is 5.69 Å². The number of thioether (sulfide) groups is 1. The number of fused-ring (bicyclic) bond motifs is 1. The number of carbonyl (C=O) groups excluding carboxylic acids is 1. The van der Waals surface area contributed by atoms with Crippen LogP contribution < -0.4 is 4.90 Å². The van der Waals surface area contributed by atoms with Gasteiger partial charge in [-0.05, 0) is 31.3 Å². The van der Waals surface area contributed by atoms with Crippen molar-refractivity contribution in [3.8, 4) is 0 Å². The van der Waals surface area contributed by atoms with E-state index in [1.165, 1.54) is 9.80 Å². The molecule has 1 saturated heterocycles. The first-order valence-corrected chi connectivity index (χ1v) is 7.63. The van der Waals surface area contributed by atoms with Gasteiger partial charge in [-0.25, -0.2) is 0 Å². The Kier molecular flexibility index (Phi) is 3.22. The smallest absolute Gasteiger partial charge is 0.279 e. The van der Waals surface area contributed by atoms with Gasteiger partial charge in [0.05, 0.1) is 5.69 Å².